The zero-order valence-corrected chi connectivity index (χ0v) is 40.4. The van der Waals surface area contributed by atoms with Gasteiger partial charge in [0.1, 0.15) is 13.2 Å². The van der Waals surface area contributed by atoms with Crippen LogP contribution in [0.5, 0.6) is 0 Å². The highest BCUT2D eigenvalue weighted by Gasteiger charge is 2.19. The molecule has 6 nitrogen and oxygen atoms in total. The number of rotatable bonds is 45. The summed E-state index contributed by atoms with van der Waals surface area (Å²) in [4.78, 5) is 37.9. The second kappa shape index (κ2) is 50.2. The van der Waals surface area contributed by atoms with Gasteiger partial charge in [-0.3, -0.25) is 14.4 Å². The quantitative estimate of drug-likeness (QED) is 0.0199. The molecule has 0 fully saturated rings. The molecule has 0 amide bonds. The highest BCUT2D eigenvalue weighted by Crippen LogP contribution is 2.14. The topological polar surface area (TPSA) is 78.9 Å². The lowest BCUT2D eigenvalue weighted by molar-refractivity contribution is -0.166. The van der Waals surface area contributed by atoms with E-state index in [-0.39, 0.29) is 44.0 Å². The van der Waals surface area contributed by atoms with Gasteiger partial charge in [0.2, 0.25) is 0 Å². The van der Waals surface area contributed by atoms with Crippen LogP contribution in [0.4, 0.5) is 0 Å². The minimum absolute atomic E-state index is 0.109. The molecule has 0 aliphatic rings. The van der Waals surface area contributed by atoms with Crippen LogP contribution in [-0.4, -0.2) is 37.2 Å². The summed E-state index contributed by atoms with van der Waals surface area (Å²) in [7, 11) is 0. The summed E-state index contributed by atoms with van der Waals surface area (Å²) in [6.07, 6.45) is 64.4. The molecule has 0 aromatic carbocycles. The Morgan fingerprint density at radius 3 is 1.16 bits per heavy atom. The Morgan fingerprint density at radius 1 is 0.355 bits per heavy atom. The fraction of sp³-hybridized carbons (Fsp3) is 0.696. The van der Waals surface area contributed by atoms with Crippen molar-refractivity contribution in [2.45, 2.75) is 239 Å². The Morgan fingerprint density at radius 2 is 0.710 bits per heavy atom. The van der Waals surface area contributed by atoms with Crippen LogP contribution in [0.15, 0.2) is 85.1 Å². The second-order valence-electron chi connectivity index (χ2n) is 16.7. The first-order valence-corrected chi connectivity index (χ1v) is 25.6. The molecule has 0 spiro atoms. The van der Waals surface area contributed by atoms with Crippen molar-refractivity contribution in [3.8, 4) is 0 Å². The van der Waals surface area contributed by atoms with Gasteiger partial charge < -0.3 is 14.2 Å². The first-order chi connectivity index (χ1) is 30.5. The largest absolute Gasteiger partial charge is 0.462 e. The van der Waals surface area contributed by atoms with Crippen LogP contribution in [0.3, 0.4) is 0 Å². The molecule has 0 heterocycles. The smallest absolute Gasteiger partial charge is 0.306 e. The molecule has 0 aromatic heterocycles. The summed E-state index contributed by atoms with van der Waals surface area (Å²) in [5.74, 6) is -1.02. The van der Waals surface area contributed by atoms with Crippen molar-refractivity contribution in [3.63, 3.8) is 0 Å². The first-order valence-electron chi connectivity index (χ1n) is 25.6. The molecule has 0 saturated carbocycles. The Labute approximate surface area is 382 Å². The van der Waals surface area contributed by atoms with Crippen molar-refractivity contribution in [1.29, 1.82) is 0 Å². The maximum Gasteiger partial charge on any atom is 0.306 e. The average molecular weight is 863 g/mol. The van der Waals surface area contributed by atoms with Crippen molar-refractivity contribution in [2.75, 3.05) is 13.2 Å². The van der Waals surface area contributed by atoms with E-state index in [1.54, 1.807) is 0 Å². The van der Waals surface area contributed by atoms with Gasteiger partial charge >= 0.3 is 17.9 Å². The standard InChI is InChI=1S/C56H94O6/c1-4-7-10-13-16-19-22-25-27-29-31-34-37-40-43-46-49-55(58)61-52-53(51-60-54(57)48-45-42-39-36-33-24-21-18-15-12-9-6-3)62-56(59)50-47-44-41-38-35-32-30-28-26-23-20-17-14-11-8-5-2/h7,10,16,19,25,27-28,30-32,34-35,40,43,53H,4-6,8-9,11-15,17-18,20-24,26,29,33,36-39,41-42,44-52H2,1-3H3/b10-7-,19-16-,27-25-,30-28-,34-31-,35-32-,43-40-. The Hall–Kier alpha value is -3.41. The number of esters is 3. The zero-order valence-electron chi connectivity index (χ0n) is 40.4. The van der Waals surface area contributed by atoms with E-state index < -0.39 is 6.10 Å². The van der Waals surface area contributed by atoms with E-state index in [4.69, 9.17) is 14.2 Å². The van der Waals surface area contributed by atoms with Gasteiger partial charge in [0.15, 0.2) is 6.10 Å². The van der Waals surface area contributed by atoms with Gasteiger partial charge in [-0.15, -0.1) is 0 Å². The predicted octanol–water partition coefficient (Wildman–Crippen LogP) is 16.8. The van der Waals surface area contributed by atoms with Crippen LogP contribution in [0.25, 0.3) is 0 Å². The normalized spacial score (nSPS) is 12.8. The molecular weight excluding hydrogens is 769 g/mol. The molecule has 0 aromatic rings. The maximum absolute atomic E-state index is 12.8. The van der Waals surface area contributed by atoms with E-state index in [0.717, 1.165) is 83.5 Å². The van der Waals surface area contributed by atoms with Gasteiger partial charge in [-0.05, 0) is 77.0 Å². The molecule has 0 aliphatic heterocycles. The van der Waals surface area contributed by atoms with Crippen LogP contribution >= 0.6 is 0 Å². The van der Waals surface area contributed by atoms with Crippen LogP contribution < -0.4 is 0 Å². The van der Waals surface area contributed by atoms with Gasteiger partial charge in [0, 0.05) is 19.3 Å². The third-order valence-corrected chi connectivity index (χ3v) is 10.7. The van der Waals surface area contributed by atoms with Gasteiger partial charge in [-0.1, -0.05) is 221 Å². The fourth-order valence-electron chi connectivity index (χ4n) is 6.83. The van der Waals surface area contributed by atoms with Crippen molar-refractivity contribution in [2.24, 2.45) is 0 Å². The number of allylic oxidation sites excluding steroid dienone is 14. The third kappa shape index (κ3) is 47.6. The van der Waals surface area contributed by atoms with Gasteiger partial charge in [-0.2, -0.15) is 0 Å². The van der Waals surface area contributed by atoms with Crippen molar-refractivity contribution >= 4 is 17.9 Å². The predicted molar refractivity (Wildman–Crippen MR) is 265 cm³/mol. The van der Waals surface area contributed by atoms with Crippen LogP contribution in [0, 0.1) is 0 Å². The van der Waals surface area contributed by atoms with E-state index in [0.29, 0.717) is 12.8 Å². The Kier molecular flexibility index (Phi) is 47.5. The molecule has 0 radical (unpaired) electrons. The molecule has 0 saturated heterocycles. The molecule has 62 heavy (non-hydrogen) atoms. The average Bonchev–Trinajstić information content (AvgIpc) is 3.27. The fourth-order valence-corrected chi connectivity index (χ4v) is 6.83. The minimum Gasteiger partial charge on any atom is -0.462 e. The summed E-state index contributed by atoms with van der Waals surface area (Å²) in [5.41, 5.74) is 0. The lowest BCUT2D eigenvalue weighted by Crippen LogP contribution is -2.30. The van der Waals surface area contributed by atoms with Crippen molar-refractivity contribution < 1.29 is 28.6 Å². The minimum atomic E-state index is -0.818. The summed E-state index contributed by atoms with van der Waals surface area (Å²) in [6, 6.07) is 0. The Balaban J connectivity index is 4.53. The number of hydrogen-bond acceptors (Lipinski definition) is 6. The maximum atomic E-state index is 12.8. The molecule has 1 unspecified atom stereocenters. The molecule has 354 valence electrons. The van der Waals surface area contributed by atoms with Gasteiger partial charge in [0.05, 0.1) is 0 Å². The molecule has 6 heteroatoms. The van der Waals surface area contributed by atoms with Gasteiger partial charge in [0.25, 0.3) is 0 Å². The van der Waals surface area contributed by atoms with E-state index in [1.807, 2.05) is 12.2 Å². The lowest BCUT2D eigenvalue weighted by atomic mass is 10.0. The molecule has 1 atom stereocenters. The summed E-state index contributed by atoms with van der Waals surface area (Å²) in [6.45, 7) is 6.42. The van der Waals surface area contributed by atoms with Gasteiger partial charge in [-0.25, -0.2) is 0 Å². The van der Waals surface area contributed by atoms with Crippen LogP contribution in [-0.2, 0) is 28.6 Å². The molecule has 0 aliphatic carbocycles. The van der Waals surface area contributed by atoms with Crippen molar-refractivity contribution in [3.05, 3.63) is 85.1 Å². The molecule has 0 rings (SSSR count). The lowest BCUT2D eigenvalue weighted by Gasteiger charge is -2.18. The van der Waals surface area contributed by atoms with Crippen LogP contribution in [0.1, 0.15) is 233 Å². The molecule has 0 N–H and O–H groups in total. The Bertz CT molecular complexity index is 1220. The molecular formula is C56H94O6. The first kappa shape index (κ1) is 58.6. The van der Waals surface area contributed by atoms with Crippen molar-refractivity contribution in [1.82, 2.24) is 0 Å². The number of hydrogen-bond donors (Lipinski definition) is 0. The summed E-state index contributed by atoms with van der Waals surface area (Å²) < 4.78 is 16.7. The van der Waals surface area contributed by atoms with Crippen LogP contribution in [0.2, 0.25) is 0 Å². The second-order valence-corrected chi connectivity index (χ2v) is 16.7. The highest BCUT2D eigenvalue weighted by atomic mass is 16.6. The summed E-state index contributed by atoms with van der Waals surface area (Å²) in [5, 5.41) is 0. The zero-order chi connectivity index (χ0) is 45.1. The number of carbonyl (C=O) groups is 3. The monoisotopic (exact) mass is 863 g/mol. The SMILES string of the molecule is CC/C=C\C/C=C\C/C=C\C/C=C\C/C=C\CCC(=O)OCC(COC(=O)CCCCCCCCCCCCCC)OC(=O)CCCCC/C=C\C=C/CCCCCCCCC. The molecule has 0 bridgehead atoms. The van der Waals surface area contributed by atoms with E-state index in [1.165, 1.54) is 103 Å². The van der Waals surface area contributed by atoms with E-state index in [2.05, 4.69) is 93.7 Å². The highest BCUT2D eigenvalue weighted by molar-refractivity contribution is 5.71. The number of unbranched alkanes of at least 4 members (excludes halogenated alkanes) is 21. The summed E-state index contributed by atoms with van der Waals surface area (Å²) >= 11 is 0. The van der Waals surface area contributed by atoms with E-state index >= 15 is 0 Å². The number of carbonyl (C=O) groups excluding carboxylic acids is 3. The van der Waals surface area contributed by atoms with E-state index in [9.17, 15) is 14.4 Å². The third-order valence-electron chi connectivity index (χ3n) is 10.7. The number of ether oxygens (including phenoxy) is 3.